The summed E-state index contributed by atoms with van der Waals surface area (Å²) in [6, 6.07) is 4.07. The lowest BCUT2D eigenvalue weighted by atomic mass is 9.69. The fraction of sp³-hybridized carbons (Fsp3) is 0.737. The van der Waals surface area contributed by atoms with Gasteiger partial charge in [-0.15, -0.1) is 24.0 Å². The molecule has 6 heteroatoms. The molecule has 0 aliphatic heterocycles. The first-order valence-electron chi connectivity index (χ1n) is 9.32. The molecule has 142 valence electrons. The van der Waals surface area contributed by atoms with Crippen LogP contribution in [-0.4, -0.2) is 30.7 Å². The van der Waals surface area contributed by atoms with Crippen molar-refractivity contribution in [3.05, 3.63) is 24.2 Å². The molecule has 0 radical (unpaired) electrons. The summed E-state index contributed by atoms with van der Waals surface area (Å²) in [7, 11) is 1.78. The second kappa shape index (κ2) is 9.26. The highest BCUT2D eigenvalue weighted by Crippen LogP contribution is 2.40. The second-order valence-electron chi connectivity index (χ2n) is 7.64. The molecule has 2 fully saturated rings. The average Bonchev–Trinajstić information content (AvgIpc) is 3.14. The van der Waals surface area contributed by atoms with Crippen LogP contribution in [0.15, 0.2) is 27.8 Å². The van der Waals surface area contributed by atoms with Gasteiger partial charge in [0.15, 0.2) is 5.96 Å². The van der Waals surface area contributed by atoms with Gasteiger partial charge in [0.25, 0.3) is 0 Å². The zero-order valence-corrected chi connectivity index (χ0v) is 17.7. The molecule has 0 saturated heterocycles. The number of nitrogens with one attached hydrogen (secondary N) is 2. The van der Waals surface area contributed by atoms with Gasteiger partial charge in [0.2, 0.25) is 0 Å². The molecule has 3 N–H and O–H groups in total. The molecule has 5 nitrogen and oxygen atoms in total. The fourth-order valence-corrected chi connectivity index (χ4v) is 4.32. The molecule has 4 unspecified atom stereocenters. The van der Waals surface area contributed by atoms with Crippen LogP contribution >= 0.6 is 24.0 Å². The zero-order chi connectivity index (χ0) is 17.0. The molecular formula is C19H32IN3O2. The van der Waals surface area contributed by atoms with Crippen molar-refractivity contribution < 1.29 is 9.52 Å². The van der Waals surface area contributed by atoms with E-state index in [4.69, 9.17) is 4.42 Å². The van der Waals surface area contributed by atoms with Gasteiger partial charge >= 0.3 is 0 Å². The minimum absolute atomic E-state index is 0. The third-order valence-electron chi connectivity index (χ3n) is 5.76. The molecule has 2 aliphatic carbocycles. The summed E-state index contributed by atoms with van der Waals surface area (Å²) < 4.78 is 5.32. The predicted molar refractivity (Wildman–Crippen MR) is 111 cm³/mol. The van der Waals surface area contributed by atoms with Crippen LogP contribution in [-0.2, 0) is 5.60 Å². The highest BCUT2D eigenvalue weighted by atomic mass is 127. The minimum Gasteiger partial charge on any atom is -0.466 e. The summed E-state index contributed by atoms with van der Waals surface area (Å²) in [4.78, 5) is 4.32. The topological polar surface area (TPSA) is 69.8 Å². The van der Waals surface area contributed by atoms with E-state index < -0.39 is 5.60 Å². The predicted octanol–water partition coefficient (Wildman–Crippen LogP) is 3.63. The summed E-state index contributed by atoms with van der Waals surface area (Å²) in [5, 5.41) is 17.3. The molecule has 2 saturated carbocycles. The highest BCUT2D eigenvalue weighted by Gasteiger charge is 2.33. The highest BCUT2D eigenvalue weighted by molar-refractivity contribution is 14.0. The van der Waals surface area contributed by atoms with E-state index in [1.807, 2.05) is 0 Å². The summed E-state index contributed by atoms with van der Waals surface area (Å²) in [6.45, 7) is 2.11. The molecule has 2 aliphatic rings. The van der Waals surface area contributed by atoms with Crippen LogP contribution in [0.25, 0.3) is 0 Å². The SMILES string of the molecule is CN=C(NCC(C)(O)c1ccco1)NC1CCC2CCCCC2C1.I. The van der Waals surface area contributed by atoms with E-state index >= 15 is 0 Å². The standard InChI is InChI=1S/C19H31N3O2.HI/c1-19(23,17-8-5-11-24-17)13-21-18(20-2)22-16-10-9-14-6-3-4-7-15(14)12-16;/h5,8,11,14-16,23H,3-4,6-7,9-10,12-13H2,1-2H3,(H2,20,21,22);1H. The number of nitrogens with zero attached hydrogens (tertiary/aromatic N) is 1. The maximum Gasteiger partial charge on any atom is 0.191 e. The smallest absolute Gasteiger partial charge is 0.191 e. The van der Waals surface area contributed by atoms with Crippen molar-refractivity contribution in [1.82, 2.24) is 10.6 Å². The number of rotatable bonds is 4. The third-order valence-corrected chi connectivity index (χ3v) is 5.76. The number of hydrogen-bond acceptors (Lipinski definition) is 3. The molecule has 1 heterocycles. The second-order valence-corrected chi connectivity index (χ2v) is 7.64. The van der Waals surface area contributed by atoms with Gasteiger partial charge in [-0.05, 0) is 50.2 Å². The quantitative estimate of drug-likeness (QED) is 0.364. The largest absolute Gasteiger partial charge is 0.466 e. The van der Waals surface area contributed by atoms with Crippen molar-refractivity contribution in [2.75, 3.05) is 13.6 Å². The number of furan rings is 1. The Morgan fingerprint density at radius 3 is 2.72 bits per heavy atom. The van der Waals surface area contributed by atoms with Crippen LogP contribution in [0.1, 0.15) is 57.6 Å². The van der Waals surface area contributed by atoms with Gasteiger partial charge in [-0.25, -0.2) is 0 Å². The van der Waals surface area contributed by atoms with E-state index in [0.717, 1.165) is 17.8 Å². The van der Waals surface area contributed by atoms with Gasteiger partial charge in [-0.1, -0.05) is 25.7 Å². The fourth-order valence-electron chi connectivity index (χ4n) is 4.32. The van der Waals surface area contributed by atoms with Crippen LogP contribution in [0.3, 0.4) is 0 Å². The Bertz CT molecular complexity index is 545. The molecule has 3 rings (SSSR count). The van der Waals surface area contributed by atoms with Crippen molar-refractivity contribution in [2.24, 2.45) is 16.8 Å². The monoisotopic (exact) mass is 461 g/mol. The Morgan fingerprint density at radius 1 is 1.28 bits per heavy atom. The summed E-state index contributed by atoms with van der Waals surface area (Å²) in [5.74, 6) is 3.16. The van der Waals surface area contributed by atoms with Crippen molar-refractivity contribution in [3.63, 3.8) is 0 Å². The van der Waals surface area contributed by atoms with E-state index in [2.05, 4.69) is 15.6 Å². The number of aliphatic imine (C=N–C) groups is 1. The number of aliphatic hydroxyl groups is 1. The minimum atomic E-state index is -1.05. The van der Waals surface area contributed by atoms with Gasteiger partial charge in [0.1, 0.15) is 11.4 Å². The molecule has 0 spiro atoms. The van der Waals surface area contributed by atoms with E-state index in [-0.39, 0.29) is 24.0 Å². The first-order valence-corrected chi connectivity index (χ1v) is 9.32. The lowest BCUT2D eigenvalue weighted by molar-refractivity contribution is 0.0384. The Hall–Kier alpha value is -0.760. The first kappa shape index (κ1) is 20.6. The first-order chi connectivity index (χ1) is 11.6. The van der Waals surface area contributed by atoms with E-state index in [1.54, 1.807) is 32.4 Å². The van der Waals surface area contributed by atoms with Crippen molar-refractivity contribution in [1.29, 1.82) is 0 Å². The molecule has 0 amide bonds. The molecular weight excluding hydrogens is 429 g/mol. The lowest BCUT2D eigenvalue weighted by Crippen LogP contribution is -2.49. The number of guanidine groups is 1. The maximum absolute atomic E-state index is 10.5. The van der Waals surface area contributed by atoms with E-state index in [0.29, 0.717) is 18.3 Å². The Balaban J connectivity index is 0.00000225. The van der Waals surface area contributed by atoms with Crippen molar-refractivity contribution >= 4 is 29.9 Å². The van der Waals surface area contributed by atoms with Crippen LogP contribution in [0.2, 0.25) is 0 Å². The van der Waals surface area contributed by atoms with Crippen LogP contribution in [0.4, 0.5) is 0 Å². The molecule has 25 heavy (non-hydrogen) atoms. The lowest BCUT2D eigenvalue weighted by Gasteiger charge is -2.40. The number of halogens is 1. The molecule has 0 aromatic carbocycles. The van der Waals surface area contributed by atoms with Gasteiger partial charge in [0.05, 0.1) is 12.8 Å². The zero-order valence-electron chi connectivity index (χ0n) is 15.3. The van der Waals surface area contributed by atoms with Crippen LogP contribution < -0.4 is 10.6 Å². The van der Waals surface area contributed by atoms with Crippen molar-refractivity contribution in [3.8, 4) is 0 Å². The van der Waals surface area contributed by atoms with E-state index in [1.165, 1.54) is 44.9 Å². The Labute approximate surface area is 168 Å². The maximum atomic E-state index is 10.5. The van der Waals surface area contributed by atoms with Gasteiger partial charge in [-0.2, -0.15) is 0 Å². The van der Waals surface area contributed by atoms with Gasteiger partial charge < -0.3 is 20.2 Å². The number of fused-ring (bicyclic) bond motifs is 1. The molecule has 0 bridgehead atoms. The van der Waals surface area contributed by atoms with Gasteiger partial charge in [-0.3, -0.25) is 4.99 Å². The van der Waals surface area contributed by atoms with Gasteiger partial charge in [0, 0.05) is 13.1 Å². The number of hydrogen-bond donors (Lipinski definition) is 3. The molecule has 1 aromatic rings. The average molecular weight is 461 g/mol. The Morgan fingerprint density at radius 2 is 2.04 bits per heavy atom. The molecule has 4 atom stereocenters. The molecule has 1 aromatic heterocycles. The van der Waals surface area contributed by atoms with Crippen molar-refractivity contribution in [2.45, 2.75) is 63.5 Å². The Kier molecular flexibility index (Phi) is 7.61. The van der Waals surface area contributed by atoms with Crippen LogP contribution in [0.5, 0.6) is 0 Å². The van der Waals surface area contributed by atoms with E-state index in [9.17, 15) is 5.11 Å². The van der Waals surface area contributed by atoms with Crippen LogP contribution in [0, 0.1) is 11.8 Å². The third kappa shape index (κ3) is 5.36. The summed E-state index contributed by atoms with van der Waals surface area (Å²) in [5.41, 5.74) is -1.05. The normalized spacial score (nSPS) is 29.1. The summed E-state index contributed by atoms with van der Waals surface area (Å²) >= 11 is 0. The summed E-state index contributed by atoms with van der Waals surface area (Å²) in [6.07, 6.45) is 11.0.